The van der Waals surface area contributed by atoms with Gasteiger partial charge in [-0.3, -0.25) is 4.52 Å². The lowest BCUT2D eigenvalue weighted by Gasteiger charge is -2.36. The van der Waals surface area contributed by atoms with Crippen LogP contribution in [-0.4, -0.2) is 38.9 Å². The van der Waals surface area contributed by atoms with Crippen molar-refractivity contribution in [2.24, 2.45) is 5.41 Å². The van der Waals surface area contributed by atoms with E-state index in [1.165, 1.54) is 0 Å². The molecule has 8 heteroatoms. The topological polar surface area (TPSA) is 87.0 Å². The smallest absolute Gasteiger partial charge is 0.396 e. The van der Waals surface area contributed by atoms with Crippen LogP contribution in [0.15, 0.2) is 0 Å². The third-order valence-corrected chi connectivity index (χ3v) is 3.71. The third-order valence-electron chi connectivity index (χ3n) is 2.38. The molecule has 0 aromatic rings. The number of phosphoric ester groups is 1. The van der Waals surface area contributed by atoms with E-state index < -0.39 is 37.2 Å². The molecule has 0 bridgehead atoms. The van der Waals surface area contributed by atoms with Crippen molar-refractivity contribution in [2.45, 2.75) is 24.6 Å². The summed E-state index contributed by atoms with van der Waals surface area (Å²) in [4.78, 5) is 17.1. The first-order chi connectivity index (χ1) is 6.65. The lowest BCUT2D eigenvalue weighted by Crippen LogP contribution is -2.44. The van der Waals surface area contributed by atoms with Crippen molar-refractivity contribution in [3.8, 4) is 0 Å². The molecule has 0 fully saturated rings. The quantitative estimate of drug-likeness (QED) is 0.505. The van der Waals surface area contributed by atoms with Crippen molar-refractivity contribution >= 4 is 31.0 Å². The molecule has 0 radical (unpaired) electrons. The number of alkyl halides is 2. The monoisotopic (exact) mass is 280 g/mol. The van der Waals surface area contributed by atoms with E-state index >= 15 is 0 Å². The fourth-order valence-electron chi connectivity index (χ4n) is 1.05. The maximum absolute atomic E-state index is 10.5. The van der Waals surface area contributed by atoms with Crippen molar-refractivity contribution < 1.29 is 24.0 Å². The van der Waals surface area contributed by atoms with E-state index in [4.69, 9.17) is 33.0 Å². The minimum absolute atomic E-state index is 0.400. The summed E-state index contributed by atoms with van der Waals surface area (Å²) in [6.07, 6.45) is 0. The standard InChI is InChI=1S/C7H15Cl2O5P/c1-5(8)7(3-10,6(2)9)4-14-15(11,12)13/h5-6,10H,3-4H2,1-2H3,(H2,11,12,13). The average Bonchev–Trinajstić information content (AvgIpc) is 2.02. The van der Waals surface area contributed by atoms with E-state index in [0.717, 1.165) is 0 Å². The van der Waals surface area contributed by atoms with Crippen LogP contribution in [-0.2, 0) is 9.09 Å². The molecule has 0 aliphatic heterocycles. The van der Waals surface area contributed by atoms with Crippen LogP contribution < -0.4 is 0 Å². The zero-order chi connectivity index (χ0) is 12.3. The van der Waals surface area contributed by atoms with E-state index in [2.05, 4.69) is 4.52 Å². The number of aliphatic hydroxyl groups is 1. The average molecular weight is 281 g/mol. The van der Waals surface area contributed by atoms with Crippen molar-refractivity contribution in [3.05, 3.63) is 0 Å². The number of halogens is 2. The molecule has 0 saturated carbocycles. The predicted molar refractivity (Wildman–Crippen MR) is 58.1 cm³/mol. The Hall–Kier alpha value is 0.650. The molecule has 3 N–H and O–H groups in total. The molecular formula is C7H15Cl2O5P. The highest BCUT2D eigenvalue weighted by Gasteiger charge is 2.41. The SMILES string of the molecule is CC(Cl)C(CO)(COP(=O)(O)O)C(C)Cl. The van der Waals surface area contributed by atoms with Gasteiger partial charge < -0.3 is 14.9 Å². The summed E-state index contributed by atoms with van der Waals surface area (Å²) >= 11 is 11.7. The Morgan fingerprint density at radius 3 is 1.93 bits per heavy atom. The summed E-state index contributed by atoms with van der Waals surface area (Å²) in [7, 11) is -4.58. The highest BCUT2D eigenvalue weighted by molar-refractivity contribution is 7.46. The molecule has 0 aliphatic rings. The van der Waals surface area contributed by atoms with Crippen LogP contribution in [0.2, 0.25) is 0 Å². The van der Waals surface area contributed by atoms with Crippen molar-refractivity contribution in [1.29, 1.82) is 0 Å². The lowest BCUT2D eigenvalue weighted by molar-refractivity contribution is 0.0498. The number of hydrogen-bond acceptors (Lipinski definition) is 3. The van der Waals surface area contributed by atoms with Gasteiger partial charge in [0.05, 0.1) is 13.2 Å². The lowest BCUT2D eigenvalue weighted by atomic mass is 9.83. The molecule has 0 aromatic carbocycles. The number of aliphatic hydroxyl groups excluding tert-OH is 1. The molecule has 92 valence electrons. The highest BCUT2D eigenvalue weighted by Crippen LogP contribution is 2.42. The molecule has 5 nitrogen and oxygen atoms in total. The summed E-state index contributed by atoms with van der Waals surface area (Å²) < 4.78 is 14.9. The molecule has 0 saturated heterocycles. The predicted octanol–water partition coefficient (Wildman–Crippen LogP) is 1.33. The number of rotatable bonds is 6. The fourth-order valence-corrected chi connectivity index (χ4v) is 2.16. The minimum atomic E-state index is -4.58. The Balaban J connectivity index is 4.72. The summed E-state index contributed by atoms with van der Waals surface area (Å²) in [6, 6.07) is 0. The van der Waals surface area contributed by atoms with E-state index in [1.54, 1.807) is 13.8 Å². The molecule has 2 atom stereocenters. The molecule has 0 rings (SSSR count). The fraction of sp³-hybridized carbons (Fsp3) is 1.00. The Kier molecular flexibility index (Phi) is 6.08. The molecular weight excluding hydrogens is 266 g/mol. The van der Waals surface area contributed by atoms with E-state index in [1.807, 2.05) is 0 Å². The van der Waals surface area contributed by atoms with Gasteiger partial charge >= 0.3 is 7.82 Å². The normalized spacial score (nSPS) is 20.7. The largest absolute Gasteiger partial charge is 0.469 e. The maximum Gasteiger partial charge on any atom is 0.469 e. The van der Waals surface area contributed by atoms with Crippen LogP contribution in [0.4, 0.5) is 0 Å². The number of phosphoric acid groups is 1. The van der Waals surface area contributed by atoms with Crippen LogP contribution in [0.3, 0.4) is 0 Å². The first kappa shape index (κ1) is 15.7. The zero-order valence-electron chi connectivity index (χ0n) is 8.43. The maximum atomic E-state index is 10.5. The van der Waals surface area contributed by atoms with Gasteiger partial charge in [0.15, 0.2) is 0 Å². The molecule has 0 heterocycles. The van der Waals surface area contributed by atoms with Crippen LogP contribution in [0.1, 0.15) is 13.8 Å². The van der Waals surface area contributed by atoms with E-state index in [-0.39, 0.29) is 0 Å². The molecule has 15 heavy (non-hydrogen) atoms. The number of hydrogen-bond donors (Lipinski definition) is 3. The summed E-state index contributed by atoms with van der Waals surface area (Å²) in [5.41, 5.74) is -1.08. The van der Waals surface area contributed by atoms with Gasteiger partial charge in [-0.25, -0.2) is 4.57 Å². The molecule has 2 unspecified atom stereocenters. The summed E-state index contributed by atoms with van der Waals surface area (Å²) in [5.74, 6) is 0. The van der Waals surface area contributed by atoms with Crippen LogP contribution in [0.5, 0.6) is 0 Å². The van der Waals surface area contributed by atoms with Gasteiger partial charge in [-0.15, -0.1) is 23.2 Å². The molecule has 0 amide bonds. The Morgan fingerprint density at radius 2 is 1.73 bits per heavy atom. The molecule has 0 aromatic heterocycles. The van der Waals surface area contributed by atoms with Crippen LogP contribution in [0.25, 0.3) is 0 Å². The summed E-state index contributed by atoms with van der Waals surface area (Å²) in [6.45, 7) is 2.35. The van der Waals surface area contributed by atoms with Crippen molar-refractivity contribution in [3.63, 3.8) is 0 Å². The van der Waals surface area contributed by atoms with Gasteiger partial charge in [-0.2, -0.15) is 0 Å². The van der Waals surface area contributed by atoms with Gasteiger partial charge in [-0.05, 0) is 13.8 Å². The zero-order valence-corrected chi connectivity index (χ0v) is 10.8. The second-order valence-electron chi connectivity index (χ2n) is 3.39. The Bertz CT molecular complexity index is 232. The second-order valence-corrected chi connectivity index (χ2v) is 5.94. The molecule has 0 aliphatic carbocycles. The minimum Gasteiger partial charge on any atom is -0.396 e. The summed E-state index contributed by atoms with van der Waals surface area (Å²) in [5, 5.41) is 8.05. The van der Waals surface area contributed by atoms with Gasteiger partial charge in [-0.1, -0.05) is 0 Å². The van der Waals surface area contributed by atoms with Crippen molar-refractivity contribution in [2.75, 3.05) is 13.2 Å². The molecule has 0 spiro atoms. The first-order valence-electron chi connectivity index (χ1n) is 4.25. The van der Waals surface area contributed by atoms with Gasteiger partial charge in [0, 0.05) is 16.2 Å². The highest BCUT2D eigenvalue weighted by atomic mass is 35.5. The Labute approximate surface area is 98.6 Å². The van der Waals surface area contributed by atoms with E-state index in [0.29, 0.717) is 0 Å². The second kappa shape index (κ2) is 5.82. The third kappa shape index (κ3) is 4.57. The van der Waals surface area contributed by atoms with Gasteiger partial charge in [0.25, 0.3) is 0 Å². The van der Waals surface area contributed by atoms with Crippen LogP contribution in [0, 0.1) is 5.41 Å². The van der Waals surface area contributed by atoms with Gasteiger partial charge in [0.2, 0.25) is 0 Å². The van der Waals surface area contributed by atoms with E-state index in [9.17, 15) is 9.67 Å². The van der Waals surface area contributed by atoms with Gasteiger partial charge in [0.1, 0.15) is 0 Å². The van der Waals surface area contributed by atoms with Crippen molar-refractivity contribution in [1.82, 2.24) is 0 Å². The Morgan fingerprint density at radius 1 is 1.33 bits per heavy atom. The first-order valence-corrected chi connectivity index (χ1v) is 6.65. The van der Waals surface area contributed by atoms with Crippen LogP contribution >= 0.6 is 31.0 Å².